The van der Waals surface area contributed by atoms with E-state index >= 15 is 0 Å². The van der Waals surface area contributed by atoms with E-state index in [1.807, 2.05) is 0 Å². The lowest BCUT2D eigenvalue weighted by Gasteiger charge is -2.24. The normalized spacial score (nSPS) is 21.7. The number of amides is 2. The summed E-state index contributed by atoms with van der Waals surface area (Å²) in [7, 11) is 0. The molecule has 0 spiro atoms. The number of aromatic nitrogens is 1. The average Bonchev–Trinajstić information content (AvgIpc) is 3.26. The Morgan fingerprint density at radius 2 is 2.08 bits per heavy atom. The van der Waals surface area contributed by atoms with Gasteiger partial charge in [-0.25, -0.2) is 4.98 Å². The molecule has 1 N–H and O–H groups in total. The van der Waals surface area contributed by atoms with Gasteiger partial charge in [0.2, 0.25) is 5.91 Å². The Balaban J connectivity index is 1.51. The third-order valence-electron chi connectivity index (χ3n) is 4.90. The minimum absolute atomic E-state index is 0.00122. The van der Waals surface area contributed by atoms with Crippen LogP contribution in [0.1, 0.15) is 39.0 Å². The zero-order valence-corrected chi connectivity index (χ0v) is 15.4. The summed E-state index contributed by atoms with van der Waals surface area (Å²) in [5.74, 6) is -1.17. The Morgan fingerprint density at radius 1 is 1.35 bits per heavy atom. The van der Waals surface area contributed by atoms with Crippen molar-refractivity contribution in [3.05, 3.63) is 23.4 Å². The second kappa shape index (κ2) is 8.03. The van der Waals surface area contributed by atoms with Crippen LogP contribution in [0.5, 0.6) is 0 Å². The first-order valence-corrected chi connectivity index (χ1v) is 9.24. The van der Waals surface area contributed by atoms with Crippen molar-refractivity contribution in [3.63, 3.8) is 0 Å². The lowest BCUT2D eigenvalue weighted by atomic mass is 10.1. The minimum atomic E-state index is -0.976. The van der Waals surface area contributed by atoms with Crippen LogP contribution in [0.25, 0.3) is 0 Å². The smallest absolute Gasteiger partial charge is 0.312 e. The summed E-state index contributed by atoms with van der Waals surface area (Å²) in [5, 5.41) is 3.02. The molecule has 8 heteroatoms. The van der Waals surface area contributed by atoms with Crippen molar-refractivity contribution >= 4 is 35.2 Å². The van der Waals surface area contributed by atoms with Crippen molar-refractivity contribution in [2.45, 2.75) is 51.2 Å². The summed E-state index contributed by atoms with van der Waals surface area (Å²) < 4.78 is 5.27. The molecule has 2 aliphatic rings. The highest BCUT2D eigenvalue weighted by Crippen LogP contribution is 2.30. The van der Waals surface area contributed by atoms with Crippen LogP contribution in [-0.4, -0.2) is 46.4 Å². The standard InChI is InChI=1S/C18H22ClN3O4/c1-11(17(24)21-15-7-6-13(19)9-20-15)26-18(25)12-8-16(23)22(10-12)14-4-2-3-5-14/h6-7,9,11-12,14H,2-5,8,10H2,1H3,(H,20,21,24)/t11-,12+/m1/s1. The Morgan fingerprint density at radius 3 is 2.73 bits per heavy atom. The van der Waals surface area contributed by atoms with Crippen molar-refractivity contribution in [1.82, 2.24) is 9.88 Å². The van der Waals surface area contributed by atoms with E-state index in [2.05, 4.69) is 10.3 Å². The molecule has 0 bridgehead atoms. The van der Waals surface area contributed by atoms with E-state index in [0.29, 0.717) is 17.4 Å². The van der Waals surface area contributed by atoms with Crippen molar-refractivity contribution in [2.24, 2.45) is 5.92 Å². The number of rotatable bonds is 5. The van der Waals surface area contributed by atoms with Gasteiger partial charge in [-0.05, 0) is 31.9 Å². The SMILES string of the molecule is C[C@@H](OC(=O)[C@H]1CC(=O)N(C2CCCC2)C1)C(=O)Nc1ccc(Cl)cn1. The van der Waals surface area contributed by atoms with E-state index in [4.69, 9.17) is 16.3 Å². The van der Waals surface area contributed by atoms with E-state index < -0.39 is 23.9 Å². The Bertz CT molecular complexity index is 688. The summed E-state index contributed by atoms with van der Waals surface area (Å²) in [6.45, 7) is 1.88. The lowest BCUT2D eigenvalue weighted by molar-refractivity contribution is -0.157. The average molecular weight is 380 g/mol. The molecule has 26 heavy (non-hydrogen) atoms. The van der Waals surface area contributed by atoms with Crippen LogP contribution in [0.4, 0.5) is 5.82 Å². The maximum atomic E-state index is 12.3. The molecule has 7 nitrogen and oxygen atoms in total. The monoisotopic (exact) mass is 379 g/mol. The predicted octanol–water partition coefficient (Wildman–Crippen LogP) is 2.40. The molecule has 0 unspecified atom stereocenters. The first kappa shape index (κ1) is 18.6. The van der Waals surface area contributed by atoms with Gasteiger partial charge in [-0.1, -0.05) is 24.4 Å². The lowest BCUT2D eigenvalue weighted by Crippen LogP contribution is -2.36. The molecule has 1 aliphatic carbocycles. The van der Waals surface area contributed by atoms with Gasteiger partial charge in [0.15, 0.2) is 6.10 Å². The molecule has 1 saturated heterocycles. The maximum Gasteiger partial charge on any atom is 0.312 e. The van der Waals surface area contributed by atoms with Gasteiger partial charge in [0.1, 0.15) is 5.82 Å². The number of nitrogens with one attached hydrogen (secondary N) is 1. The molecule has 2 fully saturated rings. The molecule has 1 aromatic rings. The molecule has 1 aliphatic heterocycles. The summed E-state index contributed by atoms with van der Waals surface area (Å²) in [4.78, 5) is 42.5. The van der Waals surface area contributed by atoms with Gasteiger partial charge >= 0.3 is 5.97 Å². The fourth-order valence-corrected chi connectivity index (χ4v) is 3.57. The molecular weight excluding hydrogens is 358 g/mol. The van der Waals surface area contributed by atoms with Crippen molar-refractivity contribution in [2.75, 3.05) is 11.9 Å². The highest BCUT2D eigenvalue weighted by molar-refractivity contribution is 6.30. The van der Waals surface area contributed by atoms with E-state index in [-0.39, 0.29) is 18.4 Å². The molecule has 0 radical (unpaired) electrons. The molecule has 1 aromatic heterocycles. The maximum absolute atomic E-state index is 12.3. The zero-order chi connectivity index (χ0) is 18.7. The molecular formula is C18H22ClN3O4. The summed E-state index contributed by atoms with van der Waals surface area (Å²) in [6, 6.07) is 3.41. The van der Waals surface area contributed by atoms with E-state index in [1.165, 1.54) is 13.1 Å². The quantitative estimate of drug-likeness (QED) is 0.793. The second-order valence-electron chi connectivity index (χ2n) is 6.82. The largest absolute Gasteiger partial charge is 0.452 e. The zero-order valence-electron chi connectivity index (χ0n) is 14.6. The van der Waals surface area contributed by atoms with Crippen LogP contribution in [-0.2, 0) is 19.1 Å². The number of hydrogen-bond donors (Lipinski definition) is 1. The number of hydrogen-bond acceptors (Lipinski definition) is 5. The fraction of sp³-hybridized carbons (Fsp3) is 0.556. The number of carbonyl (C=O) groups excluding carboxylic acids is 3. The van der Waals surface area contributed by atoms with Gasteiger partial charge in [0.25, 0.3) is 5.91 Å². The first-order chi connectivity index (χ1) is 12.4. The van der Waals surface area contributed by atoms with Crippen molar-refractivity contribution < 1.29 is 19.1 Å². The van der Waals surface area contributed by atoms with Gasteiger partial charge in [0.05, 0.1) is 10.9 Å². The number of likely N-dealkylation sites (tertiary alicyclic amines) is 1. The van der Waals surface area contributed by atoms with E-state index in [9.17, 15) is 14.4 Å². The molecule has 2 heterocycles. The topological polar surface area (TPSA) is 88.6 Å². The molecule has 2 atom stereocenters. The summed E-state index contributed by atoms with van der Waals surface area (Å²) >= 11 is 5.75. The van der Waals surface area contributed by atoms with Crippen LogP contribution in [0.15, 0.2) is 18.3 Å². The summed E-state index contributed by atoms with van der Waals surface area (Å²) in [6.07, 6.45) is 4.84. The van der Waals surface area contributed by atoms with Crippen LogP contribution in [0.3, 0.4) is 0 Å². The number of halogens is 1. The molecule has 140 valence electrons. The van der Waals surface area contributed by atoms with Crippen LogP contribution < -0.4 is 5.32 Å². The minimum Gasteiger partial charge on any atom is -0.452 e. The number of esters is 1. The van der Waals surface area contributed by atoms with Gasteiger partial charge in [0, 0.05) is 25.2 Å². The summed E-state index contributed by atoms with van der Waals surface area (Å²) in [5.41, 5.74) is 0. The van der Waals surface area contributed by atoms with Crippen molar-refractivity contribution in [3.8, 4) is 0 Å². The van der Waals surface area contributed by atoms with E-state index in [1.54, 1.807) is 17.0 Å². The fourth-order valence-electron chi connectivity index (χ4n) is 3.46. The number of ether oxygens (including phenoxy) is 1. The Hall–Kier alpha value is -2.15. The van der Waals surface area contributed by atoms with E-state index in [0.717, 1.165) is 25.7 Å². The van der Waals surface area contributed by atoms with Gasteiger partial charge in [-0.3, -0.25) is 14.4 Å². The molecule has 3 rings (SSSR count). The van der Waals surface area contributed by atoms with Crippen molar-refractivity contribution in [1.29, 1.82) is 0 Å². The highest BCUT2D eigenvalue weighted by Gasteiger charge is 2.40. The Labute approximate surface area is 157 Å². The third kappa shape index (κ3) is 4.33. The predicted molar refractivity (Wildman–Crippen MR) is 95.5 cm³/mol. The number of carbonyl (C=O) groups is 3. The molecule has 2 amide bonds. The molecule has 1 saturated carbocycles. The molecule has 0 aromatic carbocycles. The first-order valence-electron chi connectivity index (χ1n) is 8.86. The number of pyridine rings is 1. The number of anilines is 1. The Kier molecular flexibility index (Phi) is 5.76. The van der Waals surface area contributed by atoms with Gasteiger partial charge in [-0.15, -0.1) is 0 Å². The van der Waals surface area contributed by atoms with Crippen LogP contribution in [0, 0.1) is 5.92 Å². The van der Waals surface area contributed by atoms with Gasteiger partial charge < -0.3 is 15.0 Å². The van der Waals surface area contributed by atoms with Crippen LogP contribution >= 0.6 is 11.6 Å². The number of nitrogens with zero attached hydrogens (tertiary/aromatic N) is 2. The van der Waals surface area contributed by atoms with Crippen LogP contribution in [0.2, 0.25) is 5.02 Å². The third-order valence-corrected chi connectivity index (χ3v) is 5.12. The second-order valence-corrected chi connectivity index (χ2v) is 7.25. The highest BCUT2D eigenvalue weighted by atomic mass is 35.5. The van der Waals surface area contributed by atoms with Gasteiger partial charge in [-0.2, -0.15) is 0 Å².